The molecule has 164 valence electrons. The van der Waals surface area contributed by atoms with E-state index in [1.54, 1.807) is 18.2 Å². The van der Waals surface area contributed by atoms with Crippen molar-refractivity contribution in [1.29, 1.82) is 0 Å². The minimum Gasteiger partial charge on any atom is -0.478 e. The summed E-state index contributed by atoms with van der Waals surface area (Å²) in [6.07, 6.45) is 0.857. The lowest BCUT2D eigenvalue weighted by molar-refractivity contribution is -0.123. The SMILES string of the molecule is O=C(O)c1ccc(NC(=O)c2cccc(N3C(=O)[C@@H]4[C@H]5C[C@@H]([C@H](Br)[C@H]5Br)[C@H]4C3=O)c2)cc1. The number of anilines is 2. The predicted octanol–water partition coefficient (Wildman–Crippen LogP) is 3.92. The Labute approximate surface area is 200 Å². The van der Waals surface area contributed by atoms with Crippen LogP contribution in [-0.4, -0.2) is 38.5 Å². The van der Waals surface area contributed by atoms with Crippen LogP contribution in [0.5, 0.6) is 0 Å². The van der Waals surface area contributed by atoms with Crippen LogP contribution in [-0.2, 0) is 9.59 Å². The van der Waals surface area contributed by atoms with Gasteiger partial charge >= 0.3 is 5.97 Å². The summed E-state index contributed by atoms with van der Waals surface area (Å²) in [6.45, 7) is 0. The van der Waals surface area contributed by atoms with Crippen molar-refractivity contribution in [2.45, 2.75) is 16.1 Å². The Bertz CT molecular complexity index is 1120. The van der Waals surface area contributed by atoms with Gasteiger partial charge in [0.25, 0.3) is 5.91 Å². The summed E-state index contributed by atoms with van der Waals surface area (Å²) in [5.41, 5.74) is 1.24. The number of benzene rings is 2. The fraction of sp³-hybridized carbons (Fsp3) is 0.304. The van der Waals surface area contributed by atoms with Gasteiger partial charge in [-0.25, -0.2) is 4.79 Å². The van der Waals surface area contributed by atoms with Gasteiger partial charge in [-0.15, -0.1) is 0 Å². The van der Waals surface area contributed by atoms with E-state index in [0.717, 1.165) is 6.42 Å². The van der Waals surface area contributed by atoms with Gasteiger partial charge in [0.05, 0.1) is 23.1 Å². The highest BCUT2D eigenvalue weighted by molar-refractivity contribution is 9.12. The van der Waals surface area contributed by atoms with Crippen molar-refractivity contribution in [3.8, 4) is 0 Å². The van der Waals surface area contributed by atoms with E-state index in [4.69, 9.17) is 5.11 Å². The van der Waals surface area contributed by atoms with E-state index < -0.39 is 11.9 Å². The molecule has 3 amide bonds. The normalized spacial score (nSPS) is 30.5. The van der Waals surface area contributed by atoms with Gasteiger partial charge < -0.3 is 10.4 Å². The number of imide groups is 1. The average Bonchev–Trinajstić information content (AvgIpc) is 3.39. The number of amides is 3. The number of fused-ring (bicyclic) bond motifs is 5. The number of alkyl halides is 2. The summed E-state index contributed by atoms with van der Waals surface area (Å²) in [6, 6.07) is 12.2. The van der Waals surface area contributed by atoms with Gasteiger partial charge in [-0.2, -0.15) is 0 Å². The number of nitrogens with zero attached hydrogens (tertiary/aromatic N) is 1. The minimum atomic E-state index is -1.05. The number of carbonyl (C=O) groups excluding carboxylic acids is 3. The number of halogens is 2. The van der Waals surface area contributed by atoms with Gasteiger partial charge in [0.2, 0.25) is 11.8 Å². The summed E-state index contributed by atoms with van der Waals surface area (Å²) >= 11 is 7.36. The number of hydrogen-bond donors (Lipinski definition) is 2. The van der Waals surface area contributed by atoms with E-state index in [-0.39, 0.29) is 50.7 Å². The van der Waals surface area contributed by atoms with Crippen LogP contribution in [0.25, 0.3) is 0 Å². The summed E-state index contributed by atoms with van der Waals surface area (Å²) in [7, 11) is 0. The Kier molecular flexibility index (Phi) is 5.21. The zero-order valence-electron chi connectivity index (χ0n) is 16.6. The number of carbonyl (C=O) groups is 4. The fourth-order valence-corrected chi connectivity index (χ4v) is 7.16. The van der Waals surface area contributed by atoms with Crippen LogP contribution >= 0.6 is 31.9 Å². The molecule has 5 rings (SSSR count). The average molecular weight is 562 g/mol. The maximum atomic E-state index is 13.2. The van der Waals surface area contributed by atoms with Crippen LogP contribution in [0.1, 0.15) is 27.1 Å². The van der Waals surface area contributed by atoms with E-state index in [1.165, 1.54) is 35.2 Å². The number of rotatable bonds is 4. The second-order valence-electron chi connectivity index (χ2n) is 8.40. The smallest absolute Gasteiger partial charge is 0.335 e. The van der Waals surface area contributed by atoms with E-state index in [0.29, 0.717) is 16.9 Å². The van der Waals surface area contributed by atoms with E-state index in [1.807, 2.05) is 0 Å². The molecule has 7 nitrogen and oxygen atoms in total. The highest BCUT2D eigenvalue weighted by Crippen LogP contribution is 2.60. The highest BCUT2D eigenvalue weighted by atomic mass is 79.9. The quantitative estimate of drug-likeness (QED) is 0.435. The standard InChI is InChI=1S/C23H18Br2N2O5/c24-18-14-9-15(19(18)25)17-16(14)21(29)27(22(17)30)13-3-1-2-11(8-13)20(28)26-12-6-4-10(5-7-12)23(31)32/h1-8,14-19H,9H2,(H,26,28)(H,31,32)/t14-,15-,16-,17-,18+,19+/m1/s1. The van der Waals surface area contributed by atoms with Crippen LogP contribution in [0.3, 0.4) is 0 Å². The van der Waals surface area contributed by atoms with Crippen LogP contribution < -0.4 is 10.2 Å². The lowest BCUT2D eigenvalue weighted by Crippen LogP contribution is -2.37. The summed E-state index contributed by atoms with van der Waals surface area (Å²) in [5, 5.41) is 11.7. The monoisotopic (exact) mass is 560 g/mol. The van der Waals surface area contributed by atoms with Gasteiger partial charge in [-0.3, -0.25) is 19.3 Å². The third-order valence-corrected chi connectivity index (χ3v) is 9.95. The van der Waals surface area contributed by atoms with Gasteiger partial charge in [-0.05, 0) is 60.7 Å². The molecule has 2 aromatic rings. The van der Waals surface area contributed by atoms with Crippen molar-refractivity contribution in [2.75, 3.05) is 10.2 Å². The maximum absolute atomic E-state index is 13.2. The van der Waals surface area contributed by atoms with Crippen molar-refractivity contribution in [2.24, 2.45) is 23.7 Å². The molecule has 2 saturated carbocycles. The van der Waals surface area contributed by atoms with Crippen molar-refractivity contribution < 1.29 is 24.3 Å². The number of carboxylic acids is 1. The van der Waals surface area contributed by atoms with Crippen LogP contribution in [0.4, 0.5) is 11.4 Å². The maximum Gasteiger partial charge on any atom is 0.335 e. The Hall–Kier alpha value is -2.52. The molecule has 0 aromatic heterocycles. The number of carboxylic acid groups (broad SMARTS) is 1. The molecule has 6 atom stereocenters. The molecular formula is C23H18Br2N2O5. The van der Waals surface area contributed by atoms with Crippen molar-refractivity contribution >= 4 is 66.9 Å². The predicted molar refractivity (Wildman–Crippen MR) is 124 cm³/mol. The van der Waals surface area contributed by atoms with Gasteiger partial charge in [0, 0.05) is 20.9 Å². The lowest BCUT2D eigenvalue weighted by atomic mass is 9.81. The molecule has 9 heteroatoms. The first-order chi connectivity index (χ1) is 15.3. The summed E-state index contributed by atoms with van der Waals surface area (Å²) < 4.78 is 0. The minimum absolute atomic E-state index is 0.118. The molecule has 3 fully saturated rings. The van der Waals surface area contributed by atoms with E-state index in [9.17, 15) is 19.2 Å². The Balaban J connectivity index is 1.37. The highest BCUT2D eigenvalue weighted by Gasteiger charge is 2.66. The van der Waals surface area contributed by atoms with Crippen LogP contribution in [0.15, 0.2) is 48.5 Å². The van der Waals surface area contributed by atoms with Gasteiger partial charge in [0.15, 0.2) is 0 Å². The molecule has 2 aromatic carbocycles. The third kappa shape index (κ3) is 3.21. The van der Waals surface area contributed by atoms with Crippen molar-refractivity contribution in [3.05, 3.63) is 59.7 Å². The second-order valence-corrected chi connectivity index (χ2v) is 10.5. The second kappa shape index (κ2) is 7.81. The van der Waals surface area contributed by atoms with Gasteiger partial charge in [0.1, 0.15) is 0 Å². The number of hydrogen-bond acceptors (Lipinski definition) is 4. The molecule has 1 aliphatic heterocycles. The number of aromatic carboxylic acids is 1. The molecule has 0 radical (unpaired) electrons. The molecule has 0 spiro atoms. The molecule has 2 bridgehead atoms. The number of nitrogens with one attached hydrogen (secondary N) is 1. The topological polar surface area (TPSA) is 104 Å². The first-order valence-electron chi connectivity index (χ1n) is 10.2. The first kappa shape index (κ1) is 21.3. The Morgan fingerprint density at radius 2 is 1.50 bits per heavy atom. The largest absolute Gasteiger partial charge is 0.478 e. The molecule has 2 N–H and O–H groups in total. The van der Waals surface area contributed by atoms with Crippen LogP contribution in [0, 0.1) is 23.7 Å². The molecule has 0 unspecified atom stereocenters. The van der Waals surface area contributed by atoms with Crippen molar-refractivity contribution in [3.63, 3.8) is 0 Å². The third-order valence-electron chi connectivity index (χ3n) is 6.74. The molecule has 1 saturated heterocycles. The fourth-order valence-electron chi connectivity index (χ4n) is 5.29. The first-order valence-corrected chi connectivity index (χ1v) is 12.0. The summed E-state index contributed by atoms with van der Waals surface area (Å²) in [4.78, 5) is 51.7. The molecule has 2 aliphatic carbocycles. The lowest BCUT2D eigenvalue weighted by Gasteiger charge is -2.28. The molecule has 3 aliphatic rings. The Morgan fingerprint density at radius 1 is 0.906 bits per heavy atom. The van der Waals surface area contributed by atoms with Crippen molar-refractivity contribution in [1.82, 2.24) is 0 Å². The molecule has 32 heavy (non-hydrogen) atoms. The molecule has 1 heterocycles. The summed E-state index contributed by atoms with van der Waals surface area (Å²) in [5.74, 6) is -2.27. The van der Waals surface area contributed by atoms with Crippen LogP contribution in [0.2, 0.25) is 0 Å². The van der Waals surface area contributed by atoms with E-state index in [2.05, 4.69) is 37.2 Å². The van der Waals surface area contributed by atoms with E-state index >= 15 is 0 Å². The van der Waals surface area contributed by atoms with Gasteiger partial charge in [-0.1, -0.05) is 37.9 Å². The zero-order chi connectivity index (χ0) is 22.7. The Morgan fingerprint density at radius 3 is 2.06 bits per heavy atom. The zero-order valence-corrected chi connectivity index (χ0v) is 19.7. The molecular weight excluding hydrogens is 544 g/mol.